The number of rotatable bonds is 7. The first kappa shape index (κ1) is 14.5. The highest BCUT2D eigenvalue weighted by atomic mass is 32.2. The van der Waals surface area contributed by atoms with Gasteiger partial charge in [0.2, 0.25) is 0 Å². The van der Waals surface area contributed by atoms with E-state index in [1.807, 2.05) is 12.1 Å². The van der Waals surface area contributed by atoms with Crippen LogP contribution < -0.4 is 5.32 Å². The first-order valence-corrected chi connectivity index (χ1v) is 7.96. The Morgan fingerprint density at radius 3 is 2.71 bits per heavy atom. The molecule has 6 heteroatoms. The smallest absolute Gasteiger partial charge is 0.310 e. The molecule has 0 atom stereocenters. The number of hydrogen-bond donors (Lipinski definition) is 1. The summed E-state index contributed by atoms with van der Waals surface area (Å²) in [6, 6.07) is 8.93. The fourth-order valence-corrected chi connectivity index (χ4v) is 2.88. The molecule has 0 unspecified atom stereocenters. The molecule has 0 radical (unpaired) electrons. The molecule has 2 aromatic rings. The number of imidazole rings is 1. The fourth-order valence-electron chi connectivity index (χ4n) is 2.03. The molecule has 1 heterocycles. The zero-order chi connectivity index (χ0) is 14.7. The monoisotopic (exact) mass is 309 g/mol. The number of hydrogen-bond acceptors (Lipinski definition) is 3. The second kappa shape index (κ2) is 6.58. The van der Waals surface area contributed by atoms with E-state index in [0.29, 0.717) is 17.6 Å². The summed E-state index contributed by atoms with van der Waals surface area (Å²) in [4.78, 5) is 5.04. The number of nitrogens with zero attached hydrogens (tertiary/aromatic N) is 2. The topological polar surface area (TPSA) is 29.9 Å². The molecule has 0 aliphatic heterocycles. The maximum absolute atomic E-state index is 12.7. The predicted molar refractivity (Wildman–Crippen MR) is 79.3 cm³/mol. The molecule has 1 N–H and O–H groups in total. The molecule has 1 aliphatic rings. The summed E-state index contributed by atoms with van der Waals surface area (Å²) < 4.78 is 26.3. The van der Waals surface area contributed by atoms with Crippen LogP contribution in [0.1, 0.15) is 30.8 Å². The van der Waals surface area contributed by atoms with Gasteiger partial charge in [-0.3, -0.25) is 4.57 Å². The van der Waals surface area contributed by atoms with Gasteiger partial charge in [0.05, 0.1) is 5.75 Å². The Morgan fingerprint density at radius 2 is 2.05 bits per heavy atom. The fraction of sp³-hybridized carbons (Fsp3) is 0.400. The molecule has 0 saturated heterocycles. The van der Waals surface area contributed by atoms with Crippen LogP contribution in [0.3, 0.4) is 0 Å². The predicted octanol–water partition coefficient (Wildman–Crippen LogP) is 3.82. The van der Waals surface area contributed by atoms with E-state index in [1.165, 1.54) is 42.6 Å². The first-order chi connectivity index (χ1) is 10.2. The number of halogens is 2. The highest BCUT2D eigenvalue weighted by Gasteiger charge is 2.19. The third-order valence-corrected chi connectivity index (χ3v) is 4.43. The van der Waals surface area contributed by atoms with Crippen LogP contribution in [0.25, 0.3) is 0 Å². The summed E-state index contributed by atoms with van der Waals surface area (Å²) in [7, 11) is 0. The molecule has 0 bridgehead atoms. The minimum Gasteiger partial charge on any atom is -0.310 e. The van der Waals surface area contributed by atoms with E-state index in [9.17, 15) is 8.78 Å². The highest BCUT2D eigenvalue weighted by molar-refractivity contribution is 7.98. The summed E-state index contributed by atoms with van der Waals surface area (Å²) >= 11 is 1.52. The van der Waals surface area contributed by atoms with E-state index < -0.39 is 6.55 Å². The number of benzene rings is 1. The average Bonchev–Trinajstić information content (AvgIpc) is 3.19. The van der Waals surface area contributed by atoms with E-state index in [0.717, 1.165) is 16.0 Å². The van der Waals surface area contributed by atoms with Crippen molar-refractivity contribution < 1.29 is 8.78 Å². The summed E-state index contributed by atoms with van der Waals surface area (Å²) in [6.45, 7) is -1.63. The van der Waals surface area contributed by atoms with Crippen molar-refractivity contribution in [1.82, 2.24) is 14.9 Å². The van der Waals surface area contributed by atoms with E-state index in [-0.39, 0.29) is 0 Å². The molecule has 0 amide bonds. The van der Waals surface area contributed by atoms with E-state index in [2.05, 4.69) is 22.4 Å². The Labute approximate surface area is 126 Å². The normalized spacial score (nSPS) is 14.8. The van der Waals surface area contributed by atoms with Gasteiger partial charge in [0.15, 0.2) is 0 Å². The minimum absolute atomic E-state index is 0.398. The van der Waals surface area contributed by atoms with Crippen molar-refractivity contribution in [3.8, 4) is 0 Å². The van der Waals surface area contributed by atoms with Crippen molar-refractivity contribution in [2.45, 2.75) is 42.6 Å². The van der Waals surface area contributed by atoms with Crippen LogP contribution in [0.15, 0.2) is 41.6 Å². The van der Waals surface area contributed by atoms with E-state index in [4.69, 9.17) is 0 Å². The Hall–Kier alpha value is -1.40. The van der Waals surface area contributed by atoms with Gasteiger partial charge in [-0.15, -0.1) is 11.8 Å². The number of alkyl halides is 2. The maximum Gasteiger partial charge on any atom is 0.319 e. The Balaban J connectivity index is 1.53. The third-order valence-electron chi connectivity index (χ3n) is 3.42. The lowest BCUT2D eigenvalue weighted by atomic mass is 10.2. The van der Waals surface area contributed by atoms with Crippen LogP contribution in [0.2, 0.25) is 0 Å². The Morgan fingerprint density at radius 1 is 1.29 bits per heavy atom. The third kappa shape index (κ3) is 4.04. The quantitative estimate of drug-likeness (QED) is 0.789. The van der Waals surface area contributed by atoms with E-state index >= 15 is 0 Å². The number of aromatic nitrogens is 2. The van der Waals surface area contributed by atoms with Gasteiger partial charge in [-0.1, -0.05) is 12.1 Å². The van der Waals surface area contributed by atoms with Crippen LogP contribution in [0.4, 0.5) is 8.78 Å². The molecule has 3 rings (SSSR count). The minimum atomic E-state index is -2.53. The van der Waals surface area contributed by atoms with Gasteiger partial charge in [0, 0.05) is 29.9 Å². The summed E-state index contributed by atoms with van der Waals surface area (Å²) in [5.74, 6) is 0.839. The molecular formula is C15H17F2N3S. The zero-order valence-electron chi connectivity index (χ0n) is 11.5. The summed E-state index contributed by atoms with van der Waals surface area (Å²) in [5, 5.41) is 3.46. The second-order valence-electron chi connectivity index (χ2n) is 5.12. The lowest BCUT2D eigenvalue weighted by Gasteiger charge is -2.07. The number of nitrogens with one attached hydrogen (secondary N) is 1. The van der Waals surface area contributed by atoms with Crippen LogP contribution in [0.5, 0.6) is 0 Å². The average molecular weight is 309 g/mol. The van der Waals surface area contributed by atoms with Crippen LogP contribution in [-0.2, 0) is 12.3 Å². The van der Waals surface area contributed by atoms with Crippen molar-refractivity contribution in [3.05, 3.63) is 48.0 Å². The molecule has 1 aromatic carbocycles. The van der Waals surface area contributed by atoms with E-state index in [1.54, 1.807) is 0 Å². The molecule has 1 aromatic heterocycles. The lowest BCUT2D eigenvalue weighted by Crippen LogP contribution is -2.14. The largest absolute Gasteiger partial charge is 0.319 e. The van der Waals surface area contributed by atoms with Crippen molar-refractivity contribution in [2.75, 3.05) is 0 Å². The highest BCUT2D eigenvalue weighted by Crippen LogP contribution is 2.25. The molecule has 1 aliphatic carbocycles. The standard InChI is InChI=1S/C15H17F2N3S/c16-15(17)20-8-7-18-14(20)10-21-13-5-1-11(2-6-13)9-19-12-3-4-12/h1-2,5-8,12,15,19H,3-4,9-10H2. The zero-order valence-corrected chi connectivity index (χ0v) is 12.3. The maximum atomic E-state index is 12.7. The van der Waals surface area contributed by atoms with Gasteiger partial charge in [-0.2, -0.15) is 8.78 Å². The van der Waals surface area contributed by atoms with Gasteiger partial charge < -0.3 is 5.32 Å². The molecule has 0 spiro atoms. The van der Waals surface area contributed by atoms with Gasteiger partial charge >= 0.3 is 6.55 Å². The van der Waals surface area contributed by atoms with Crippen LogP contribution in [-0.4, -0.2) is 15.6 Å². The van der Waals surface area contributed by atoms with Gasteiger partial charge in [-0.25, -0.2) is 4.98 Å². The number of thioether (sulfide) groups is 1. The molecule has 1 fully saturated rings. The molecular weight excluding hydrogens is 292 g/mol. The van der Waals surface area contributed by atoms with Crippen molar-refractivity contribution >= 4 is 11.8 Å². The lowest BCUT2D eigenvalue weighted by molar-refractivity contribution is 0.0678. The first-order valence-electron chi connectivity index (χ1n) is 6.97. The SMILES string of the molecule is FC(F)n1ccnc1CSc1ccc(CNC2CC2)cc1. The Kier molecular flexibility index (Phi) is 4.55. The van der Waals surface area contributed by atoms with Gasteiger partial charge in [0.25, 0.3) is 0 Å². The van der Waals surface area contributed by atoms with Crippen molar-refractivity contribution in [1.29, 1.82) is 0 Å². The van der Waals surface area contributed by atoms with Gasteiger partial charge in [-0.05, 0) is 30.5 Å². The van der Waals surface area contributed by atoms with Crippen LogP contribution >= 0.6 is 11.8 Å². The van der Waals surface area contributed by atoms with Gasteiger partial charge in [0.1, 0.15) is 5.82 Å². The van der Waals surface area contributed by atoms with Crippen molar-refractivity contribution in [3.63, 3.8) is 0 Å². The molecule has 112 valence electrons. The molecule has 3 nitrogen and oxygen atoms in total. The Bertz CT molecular complexity index is 579. The second-order valence-corrected chi connectivity index (χ2v) is 6.16. The molecule has 21 heavy (non-hydrogen) atoms. The molecule has 1 saturated carbocycles. The van der Waals surface area contributed by atoms with Crippen LogP contribution in [0, 0.1) is 0 Å². The summed E-state index contributed by atoms with van der Waals surface area (Å²) in [5.41, 5.74) is 1.25. The summed E-state index contributed by atoms with van der Waals surface area (Å²) in [6.07, 6.45) is 5.29. The van der Waals surface area contributed by atoms with Crippen molar-refractivity contribution in [2.24, 2.45) is 0 Å².